The smallest absolute Gasteiger partial charge is 0.240 e. The average Bonchev–Trinajstić information content (AvgIpc) is 3.34. The van der Waals surface area contributed by atoms with Crippen molar-refractivity contribution >= 4 is 5.91 Å². The molecule has 5 nitrogen and oxygen atoms in total. The molecule has 0 unspecified atom stereocenters. The quantitative estimate of drug-likeness (QED) is 0.861. The highest BCUT2D eigenvalue weighted by molar-refractivity contribution is 5.82. The van der Waals surface area contributed by atoms with E-state index in [2.05, 4.69) is 39.2 Å². The Morgan fingerprint density at radius 1 is 1.08 bits per heavy atom. The van der Waals surface area contributed by atoms with Gasteiger partial charge in [0.25, 0.3) is 0 Å². The first kappa shape index (κ1) is 16.3. The molecule has 5 heteroatoms. The van der Waals surface area contributed by atoms with Crippen molar-refractivity contribution in [2.45, 2.75) is 44.3 Å². The molecule has 0 N–H and O–H groups in total. The van der Waals surface area contributed by atoms with Crippen LogP contribution in [0, 0.1) is 0 Å². The third-order valence-electron chi connectivity index (χ3n) is 5.48. The first-order chi connectivity index (χ1) is 12.3. The predicted molar refractivity (Wildman–Crippen MR) is 97.0 cm³/mol. The Morgan fingerprint density at radius 2 is 1.92 bits per heavy atom. The average molecular weight is 338 g/mol. The Kier molecular flexibility index (Phi) is 4.83. The van der Waals surface area contributed by atoms with Crippen molar-refractivity contribution in [3.63, 3.8) is 0 Å². The fourth-order valence-corrected chi connectivity index (χ4v) is 4.19. The summed E-state index contributed by atoms with van der Waals surface area (Å²) in [6, 6.07) is 12.8. The highest BCUT2D eigenvalue weighted by atomic mass is 16.2. The zero-order valence-corrected chi connectivity index (χ0v) is 14.6. The van der Waals surface area contributed by atoms with Crippen LogP contribution in [-0.4, -0.2) is 51.2 Å². The fourth-order valence-electron chi connectivity index (χ4n) is 4.19. The van der Waals surface area contributed by atoms with E-state index < -0.39 is 0 Å². The lowest BCUT2D eigenvalue weighted by Crippen LogP contribution is -2.49. The first-order valence-electron chi connectivity index (χ1n) is 9.37. The summed E-state index contributed by atoms with van der Waals surface area (Å²) in [5, 5.41) is 4.37. The van der Waals surface area contributed by atoms with Gasteiger partial charge in [0.1, 0.15) is 0 Å². The minimum atomic E-state index is 0.0385. The molecule has 0 bridgehead atoms. The van der Waals surface area contributed by atoms with Gasteiger partial charge in [-0.15, -0.1) is 0 Å². The molecule has 0 aliphatic carbocycles. The summed E-state index contributed by atoms with van der Waals surface area (Å²) < 4.78 is 2.01. The third-order valence-corrected chi connectivity index (χ3v) is 5.48. The summed E-state index contributed by atoms with van der Waals surface area (Å²) in [7, 11) is 0. The molecule has 0 spiro atoms. The predicted octanol–water partition coefficient (Wildman–Crippen LogP) is 2.71. The first-order valence-corrected chi connectivity index (χ1v) is 9.37. The summed E-state index contributed by atoms with van der Waals surface area (Å²) in [6.45, 7) is 3.55. The van der Waals surface area contributed by atoms with E-state index in [0.29, 0.717) is 11.9 Å². The van der Waals surface area contributed by atoms with E-state index in [1.165, 1.54) is 5.56 Å². The molecule has 2 aliphatic heterocycles. The van der Waals surface area contributed by atoms with E-state index in [1.54, 1.807) is 0 Å². The standard InChI is InChI=1S/C20H26N4O/c25-20(23-13-4-9-18(16-23)24-14-6-11-21-24)19-10-5-12-22(19)15-17-7-2-1-3-8-17/h1-3,6-8,11,14,18-19H,4-5,9-10,12-13,15-16H2/t18-,19-/m0/s1. The van der Waals surface area contributed by atoms with Crippen LogP contribution in [0.5, 0.6) is 0 Å². The second kappa shape index (κ2) is 7.40. The number of piperidine rings is 1. The lowest BCUT2D eigenvalue weighted by Gasteiger charge is -2.36. The SMILES string of the molecule is O=C([C@@H]1CCCN1Cc1ccccc1)N1CCC[C@H](n2cccn2)C1. The van der Waals surface area contributed by atoms with Gasteiger partial charge in [-0.05, 0) is 43.9 Å². The largest absolute Gasteiger partial charge is 0.339 e. The molecule has 2 atom stereocenters. The van der Waals surface area contributed by atoms with Crippen LogP contribution in [-0.2, 0) is 11.3 Å². The van der Waals surface area contributed by atoms with Gasteiger partial charge in [0.05, 0.1) is 12.1 Å². The Balaban J connectivity index is 1.42. The van der Waals surface area contributed by atoms with Gasteiger partial charge < -0.3 is 4.90 Å². The molecular weight excluding hydrogens is 312 g/mol. The van der Waals surface area contributed by atoms with Crippen LogP contribution in [0.1, 0.15) is 37.3 Å². The number of carbonyl (C=O) groups excluding carboxylic acids is 1. The lowest BCUT2D eigenvalue weighted by molar-refractivity contribution is -0.137. The van der Waals surface area contributed by atoms with Gasteiger partial charge in [-0.2, -0.15) is 5.10 Å². The van der Waals surface area contributed by atoms with Crippen molar-refractivity contribution in [1.82, 2.24) is 19.6 Å². The van der Waals surface area contributed by atoms with Gasteiger partial charge in [0.15, 0.2) is 0 Å². The number of carbonyl (C=O) groups is 1. The minimum Gasteiger partial charge on any atom is -0.339 e. The summed E-state index contributed by atoms with van der Waals surface area (Å²) in [4.78, 5) is 17.6. The van der Waals surface area contributed by atoms with E-state index in [9.17, 15) is 4.79 Å². The minimum absolute atomic E-state index is 0.0385. The van der Waals surface area contributed by atoms with Crippen LogP contribution in [0.4, 0.5) is 0 Å². The molecule has 1 aromatic carbocycles. The Labute approximate surface area is 149 Å². The van der Waals surface area contributed by atoms with E-state index in [4.69, 9.17) is 0 Å². The summed E-state index contributed by atoms with van der Waals surface area (Å²) in [5.74, 6) is 0.310. The maximum absolute atomic E-state index is 13.2. The molecule has 132 valence electrons. The highest BCUT2D eigenvalue weighted by Gasteiger charge is 2.35. The molecule has 3 heterocycles. The lowest BCUT2D eigenvalue weighted by atomic mass is 10.0. The van der Waals surface area contributed by atoms with Crippen LogP contribution in [0.15, 0.2) is 48.8 Å². The normalized spacial score (nSPS) is 24.6. The molecule has 2 aliphatic rings. The zero-order chi connectivity index (χ0) is 17.1. The van der Waals surface area contributed by atoms with Gasteiger partial charge in [-0.1, -0.05) is 30.3 Å². The molecule has 0 radical (unpaired) electrons. The second-order valence-electron chi connectivity index (χ2n) is 7.18. The van der Waals surface area contributed by atoms with Gasteiger partial charge in [0.2, 0.25) is 5.91 Å². The maximum atomic E-state index is 13.2. The van der Waals surface area contributed by atoms with Crippen molar-refractivity contribution in [2.24, 2.45) is 0 Å². The van der Waals surface area contributed by atoms with Crippen LogP contribution in [0.2, 0.25) is 0 Å². The topological polar surface area (TPSA) is 41.4 Å². The molecular formula is C20H26N4O. The third kappa shape index (κ3) is 3.61. The Hall–Kier alpha value is -2.14. The number of amides is 1. The van der Waals surface area contributed by atoms with E-state index >= 15 is 0 Å². The number of likely N-dealkylation sites (tertiary alicyclic amines) is 2. The van der Waals surface area contributed by atoms with E-state index in [1.807, 2.05) is 29.2 Å². The Morgan fingerprint density at radius 3 is 2.72 bits per heavy atom. The van der Waals surface area contributed by atoms with Crippen LogP contribution < -0.4 is 0 Å². The zero-order valence-electron chi connectivity index (χ0n) is 14.6. The second-order valence-corrected chi connectivity index (χ2v) is 7.18. The number of aromatic nitrogens is 2. The van der Waals surface area contributed by atoms with Gasteiger partial charge in [-0.3, -0.25) is 14.4 Å². The highest BCUT2D eigenvalue weighted by Crippen LogP contribution is 2.26. The van der Waals surface area contributed by atoms with Crippen LogP contribution in [0.3, 0.4) is 0 Å². The van der Waals surface area contributed by atoms with Crippen molar-refractivity contribution in [1.29, 1.82) is 0 Å². The molecule has 0 saturated carbocycles. The molecule has 1 aromatic heterocycles. The monoisotopic (exact) mass is 338 g/mol. The number of benzene rings is 1. The van der Waals surface area contributed by atoms with Gasteiger partial charge in [-0.25, -0.2) is 0 Å². The number of rotatable bonds is 4. The van der Waals surface area contributed by atoms with E-state index in [-0.39, 0.29) is 6.04 Å². The number of hydrogen-bond acceptors (Lipinski definition) is 3. The van der Waals surface area contributed by atoms with Crippen molar-refractivity contribution in [3.05, 3.63) is 54.4 Å². The fraction of sp³-hybridized carbons (Fsp3) is 0.500. The molecule has 1 amide bonds. The van der Waals surface area contributed by atoms with Crippen molar-refractivity contribution < 1.29 is 4.79 Å². The van der Waals surface area contributed by atoms with Gasteiger partial charge in [0, 0.05) is 32.0 Å². The summed E-state index contributed by atoms with van der Waals surface area (Å²) >= 11 is 0. The summed E-state index contributed by atoms with van der Waals surface area (Å²) in [6.07, 6.45) is 8.08. The van der Waals surface area contributed by atoms with Gasteiger partial charge >= 0.3 is 0 Å². The maximum Gasteiger partial charge on any atom is 0.240 e. The Bertz CT molecular complexity index is 685. The van der Waals surface area contributed by atoms with E-state index in [0.717, 1.165) is 51.9 Å². The van der Waals surface area contributed by atoms with Crippen LogP contribution in [0.25, 0.3) is 0 Å². The molecule has 2 saturated heterocycles. The summed E-state index contributed by atoms with van der Waals surface area (Å²) in [5.41, 5.74) is 1.29. The van der Waals surface area contributed by atoms with Crippen molar-refractivity contribution in [2.75, 3.05) is 19.6 Å². The molecule has 4 rings (SSSR count). The molecule has 2 fully saturated rings. The molecule has 2 aromatic rings. The van der Waals surface area contributed by atoms with Crippen molar-refractivity contribution in [3.8, 4) is 0 Å². The number of hydrogen-bond donors (Lipinski definition) is 0. The number of nitrogens with zero attached hydrogens (tertiary/aromatic N) is 4. The van der Waals surface area contributed by atoms with Crippen LogP contribution >= 0.6 is 0 Å². The molecule has 25 heavy (non-hydrogen) atoms.